The van der Waals surface area contributed by atoms with Gasteiger partial charge >= 0.3 is 0 Å². The van der Waals surface area contributed by atoms with Crippen LogP contribution in [0, 0.1) is 0 Å². The highest BCUT2D eigenvalue weighted by molar-refractivity contribution is 4.70. The lowest BCUT2D eigenvalue weighted by molar-refractivity contribution is 0.408. The van der Waals surface area contributed by atoms with Crippen molar-refractivity contribution in [3.63, 3.8) is 0 Å². The molecule has 1 heterocycles. The molecule has 0 radical (unpaired) electrons. The van der Waals surface area contributed by atoms with E-state index in [1.807, 2.05) is 0 Å². The van der Waals surface area contributed by atoms with Crippen LogP contribution in [-0.2, 0) is 0 Å². The van der Waals surface area contributed by atoms with Crippen molar-refractivity contribution in [2.45, 2.75) is 13.0 Å². The van der Waals surface area contributed by atoms with E-state index in [2.05, 4.69) is 24.2 Å². The maximum Gasteiger partial charge on any atom is 0.0480 e. The van der Waals surface area contributed by atoms with Gasteiger partial charge < -0.3 is 5.32 Å². The quantitative estimate of drug-likeness (QED) is 0.456. The summed E-state index contributed by atoms with van der Waals surface area (Å²) in [5.74, 6) is 0. The molecule has 42 valence electrons. The van der Waals surface area contributed by atoms with Crippen LogP contribution in [0.15, 0.2) is 0 Å². The van der Waals surface area contributed by atoms with Crippen molar-refractivity contribution in [2.24, 2.45) is 0 Å². The minimum Gasteiger partial charge on any atom is -0.301 e. The van der Waals surface area contributed by atoms with E-state index < -0.39 is 0 Å². The van der Waals surface area contributed by atoms with Gasteiger partial charge in [-0.15, -0.1) is 0 Å². The van der Waals surface area contributed by atoms with Gasteiger partial charge in [-0.2, -0.15) is 0 Å². The van der Waals surface area contributed by atoms with Crippen molar-refractivity contribution in [3.8, 4) is 0 Å². The van der Waals surface area contributed by atoms with Gasteiger partial charge in [0.05, 0.1) is 0 Å². The molecule has 0 amide bonds. The van der Waals surface area contributed by atoms with Crippen LogP contribution in [0.1, 0.15) is 6.92 Å². The molecular formula is C5H12N2. The van der Waals surface area contributed by atoms with Gasteiger partial charge in [0.25, 0.3) is 0 Å². The first kappa shape index (κ1) is 5.06. The molecule has 0 aromatic rings. The summed E-state index contributed by atoms with van der Waals surface area (Å²) < 4.78 is 0. The fraction of sp³-hybridized carbons (Fsp3) is 1.00. The van der Waals surface area contributed by atoms with E-state index in [1.54, 1.807) is 0 Å². The first-order valence-corrected chi connectivity index (χ1v) is 2.71. The predicted molar refractivity (Wildman–Crippen MR) is 30.1 cm³/mol. The fourth-order valence-electron chi connectivity index (χ4n) is 0.908. The van der Waals surface area contributed by atoms with Gasteiger partial charge in [0.1, 0.15) is 0 Å². The van der Waals surface area contributed by atoms with Crippen molar-refractivity contribution in [2.75, 3.05) is 20.3 Å². The lowest BCUT2D eigenvalue weighted by atomic mass is 10.4. The summed E-state index contributed by atoms with van der Waals surface area (Å²) in [6.45, 7) is 4.45. The summed E-state index contributed by atoms with van der Waals surface area (Å²) in [5, 5.41) is 3.30. The van der Waals surface area contributed by atoms with Gasteiger partial charge in [-0.3, -0.25) is 4.90 Å². The highest BCUT2D eigenvalue weighted by Gasteiger charge is 2.11. The smallest absolute Gasteiger partial charge is 0.0480 e. The molecule has 0 aromatic carbocycles. The zero-order valence-corrected chi connectivity index (χ0v) is 4.94. The number of nitrogens with zero attached hydrogens (tertiary/aromatic N) is 1. The Hall–Kier alpha value is -0.0800. The molecule has 2 nitrogen and oxygen atoms in total. The maximum atomic E-state index is 3.30. The first-order chi connectivity index (χ1) is 3.29. The second-order valence-corrected chi connectivity index (χ2v) is 2.30. The van der Waals surface area contributed by atoms with Crippen LogP contribution in [0.3, 0.4) is 0 Å². The topological polar surface area (TPSA) is 15.3 Å². The second kappa shape index (κ2) is 1.80. The molecule has 0 bridgehead atoms. The summed E-state index contributed by atoms with van der Waals surface area (Å²) in [7, 11) is 2.12. The van der Waals surface area contributed by atoms with Crippen molar-refractivity contribution in [3.05, 3.63) is 0 Å². The Labute approximate surface area is 44.5 Å². The normalized spacial score (nSPS) is 34.3. The Kier molecular flexibility index (Phi) is 1.30. The number of likely N-dealkylation sites (N-methyl/N-ethyl adjacent to an activating group) is 1. The fourth-order valence-corrected chi connectivity index (χ4v) is 0.908. The van der Waals surface area contributed by atoms with Gasteiger partial charge in [-0.1, -0.05) is 0 Å². The van der Waals surface area contributed by atoms with E-state index in [9.17, 15) is 0 Å². The molecule has 1 fully saturated rings. The number of rotatable bonds is 0. The predicted octanol–water partition coefficient (Wildman–Crippen LogP) is -0.133. The zero-order valence-electron chi connectivity index (χ0n) is 4.94. The summed E-state index contributed by atoms with van der Waals surface area (Å²) in [4.78, 5) is 2.27. The molecule has 0 saturated carbocycles. The molecule has 1 saturated heterocycles. The molecule has 0 spiro atoms. The molecule has 1 rings (SSSR count). The minimum absolute atomic E-state index is 0.699. The van der Waals surface area contributed by atoms with Crippen LogP contribution in [0.5, 0.6) is 0 Å². The Morgan fingerprint density at radius 2 is 2.43 bits per heavy atom. The Balaban J connectivity index is 2.26. The molecule has 7 heavy (non-hydrogen) atoms. The highest BCUT2D eigenvalue weighted by Crippen LogP contribution is 1.93. The molecule has 1 aliphatic heterocycles. The number of nitrogens with one attached hydrogen (secondary N) is 1. The molecule has 0 unspecified atom stereocenters. The Morgan fingerprint density at radius 3 is 2.57 bits per heavy atom. The lowest BCUT2D eigenvalue weighted by Gasteiger charge is -2.01. The van der Waals surface area contributed by atoms with Gasteiger partial charge in [-0.05, 0) is 14.0 Å². The largest absolute Gasteiger partial charge is 0.301 e. The molecular weight excluding hydrogens is 88.1 g/mol. The van der Waals surface area contributed by atoms with E-state index in [0.717, 1.165) is 6.67 Å². The Morgan fingerprint density at radius 1 is 1.71 bits per heavy atom. The van der Waals surface area contributed by atoms with E-state index >= 15 is 0 Å². The van der Waals surface area contributed by atoms with Crippen LogP contribution < -0.4 is 5.32 Å². The van der Waals surface area contributed by atoms with Crippen LogP contribution in [0.2, 0.25) is 0 Å². The minimum atomic E-state index is 0.699. The third-order valence-corrected chi connectivity index (χ3v) is 1.30. The molecule has 1 aliphatic rings. The lowest BCUT2D eigenvalue weighted by Crippen LogP contribution is -2.18. The second-order valence-electron chi connectivity index (χ2n) is 2.30. The van der Waals surface area contributed by atoms with Crippen LogP contribution in [0.4, 0.5) is 0 Å². The van der Waals surface area contributed by atoms with Gasteiger partial charge in [0.15, 0.2) is 0 Å². The van der Waals surface area contributed by atoms with Gasteiger partial charge in [-0.25, -0.2) is 0 Å². The van der Waals surface area contributed by atoms with Gasteiger partial charge in [0.2, 0.25) is 0 Å². The standard InChI is InChI=1S/C5H12N2/c1-5-3-7(2)4-6-5/h5-6H,3-4H2,1-2H3/t5-/m1/s1. The molecule has 0 aromatic heterocycles. The number of hydrogen-bond acceptors (Lipinski definition) is 2. The van der Waals surface area contributed by atoms with Crippen LogP contribution >= 0.6 is 0 Å². The van der Waals surface area contributed by atoms with E-state index in [-0.39, 0.29) is 0 Å². The third kappa shape index (κ3) is 1.14. The van der Waals surface area contributed by atoms with Gasteiger partial charge in [0, 0.05) is 19.3 Å². The molecule has 1 N–H and O–H groups in total. The number of hydrogen-bond donors (Lipinski definition) is 1. The van der Waals surface area contributed by atoms with Crippen molar-refractivity contribution < 1.29 is 0 Å². The average Bonchev–Trinajstić information content (AvgIpc) is 1.87. The van der Waals surface area contributed by atoms with Crippen molar-refractivity contribution in [1.29, 1.82) is 0 Å². The SMILES string of the molecule is C[C@@H]1CN(C)CN1. The summed E-state index contributed by atoms with van der Waals surface area (Å²) in [5.41, 5.74) is 0. The van der Waals surface area contributed by atoms with Crippen molar-refractivity contribution >= 4 is 0 Å². The summed E-state index contributed by atoms with van der Waals surface area (Å²) >= 11 is 0. The van der Waals surface area contributed by atoms with E-state index in [1.165, 1.54) is 6.54 Å². The first-order valence-electron chi connectivity index (χ1n) is 2.71. The van der Waals surface area contributed by atoms with E-state index in [0.29, 0.717) is 6.04 Å². The molecule has 0 aliphatic carbocycles. The van der Waals surface area contributed by atoms with Crippen LogP contribution in [-0.4, -0.2) is 31.2 Å². The molecule has 2 heteroatoms. The Bertz CT molecular complexity index is 55.1. The van der Waals surface area contributed by atoms with Crippen molar-refractivity contribution in [1.82, 2.24) is 10.2 Å². The summed E-state index contributed by atoms with van der Waals surface area (Å²) in [6, 6.07) is 0.699. The molecule has 1 atom stereocenters. The zero-order chi connectivity index (χ0) is 5.28. The third-order valence-electron chi connectivity index (χ3n) is 1.30. The summed E-state index contributed by atoms with van der Waals surface area (Å²) in [6.07, 6.45) is 0. The van der Waals surface area contributed by atoms with Crippen LogP contribution in [0.25, 0.3) is 0 Å². The maximum absolute atomic E-state index is 3.30. The highest BCUT2D eigenvalue weighted by atomic mass is 15.3. The average molecular weight is 100 g/mol. The monoisotopic (exact) mass is 100 g/mol. The van der Waals surface area contributed by atoms with E-state index in [4.69, 9.17) is 0 Å².